The van der Waals surface area contributed by atoms with Crippen LogP contribution in [0.1, 0.15) is 37.5 Å². The zero-order valence-corrected chi connectivity index (χ0v) is 14.1. The molecule has 0 saturated heterocycles. The number of benzene rings is 2. The summed E-state index contributed by atoms with van der Waals surface area (Å²) in [7, 11) is 0. The molecule has 0 aliphatic heterocycles. The maximum atomic E-state index is 6.14. The molecule has 1 aliphatic carbocycles. The third kappa shape index (κ3) is 2.33. The van der Waals surface area contributed by atoms with Gasteiger partial charge in [0.15, 0.2) is 0 Å². The molecule has 2 aromatic carbocycles. The molecule has 1 nitrogen and oxygen atoms in total. The van der Waals surface area contributed by atoms with Gasteiger partial charge in [-0.1, -0.05) is 69.0 Å². The molecule has 0 radical (unpaired) electrons. The predicted octanol–water partition coefficient (Wildman–Crippen LogP) is 5.42. The standard InChI is InChI=1S/C22H23N/c1-5-9-16(21(23)6-2)15-12-13-18-17-10-7-8-11-19(17)22(3,4)20(18)14-15/h5-14H,2,23H2,1,3-4H3/b9-5-,21-16-. The van der Waals surface area contributed by atoms with Gasteiger partial charge in [-0.05, 0) is 46.9 Å². The lowest BCUT2D eigenvalue weighted by Crippen LogP contribution is -2.15. The van der Waals surface area contributed by atoms with Gasteiger partial charge < -0.3 is 5.73 Å². The number of nitrogens with two attached hydrogens (primary N) is 1. The Morgan fingerprint density at radius 2 is 1.74 bits per heavy atom. The summed E-state index contributed by atoms with van der Waals surface area (Å²) in [5.74, 6) is 0. The fourth-order valence-corrected chi connectivity index (χ4v) is 3.51. The summed E-state index contributed by atoms with van der Waals surface area (Å²) in [4.78, 5) is 0. The van der Waals surface area contributed by atoms with E-state index >= 15 is 0 Å². The Morgan fingerprint density at radius 1 is 1.04 bits per heavy atom. The molecule has 3 rings (SSSR count). The summed E-state index contributed by atoms with van der Waals surface area (Å²) >= 11 is 0. The summed E-state index contributed by atoms with van der Waals surface area (Å²) in [6.07, 6.45) is 5.77. The normalized spacial score (nSPS) is 16.0. The number of rotatable bonds is 3. The van der Waals surface area contributed by atoms with Crippen molar-refractivity contribution < 1.29 is 0 Å². The number of allylic oxidation sites excluding steroid dienone is 4. The molecule has 0 bridgehead atoms. The van der Waals surface area contributed by atoms with Crippen molar-refractivity contribution >= 4 is 5.57 Å². The van der Waals surface area contributed by atoms with Crippen LogP contribution in [0, 0.1) is 0 Å². The highest BCUT2D eigenvalue weighted by molar-refractivity contribution is 5.85. The second-order valence-electron chi connectivity index (χ2n) is 6.50. The summed E-state index contributed by atoms with van der Waals surface area (Å²) < 4.78 is 0. The Kier molecular flexibility index (Phi) is 3.73. The van der Waals surface area contributed by atoms with E-state index in [1.165, 1.54) is 22.3 Å². The van der Waals surface area contributed by atoms with Gasteiger partial charge in [0.05, 0.1) is 0 Å². The van der Waals surface area contributed by atoms with Crippen molar-refractivity contribution in [3.8, 4) is 11.1 Å². The SMILES string of the molecule is C=C/C(N)=C(\C=C/C)c1ccc2c(c1)C(C)(C)c1ccccc1-2. The van der Waals surface area contributed by atoms with Crippen molar-refractivity contribution in [2.45, 2.75) is 26.2 Å². The highest BCUT2D eigenvalue weighted by atomic mass is 14.6. The highest BCUT2D eigenvalue weighted by Gasteiger charge is 2.35. The van der Waals surface area contributed by atoms with E-state index < -0.39 is 0 Å². The molecule has 116 valence electrons. The Hall–Kier alpha value is -2.54. The monoisotopic (exact) mass is 301 g/mol. The fraction of sp³-hybridized carbons (Fsp3) is 0.182. The first-order valence-corrected chi connectivity index (χ1v) is 8.00. The van der Waals surface area contributed by atoms with E-state index in [4.69, 9.17) is 5.73 Å². The fourth-order valence-electron chi connectivity index (χ4n) is 3.51. The molecule has 0 fully saturated rings. The van der Waals surface area contributed by atoms with Gasteiger partial charge in [0, 0.05) is 16.7 Å². The largest absolute Gasteiger partial charge is 0.398 e. The van der Waals surface area contributed by atoms with Crippen molar-refractivity contribution in [1.82, 2.24) is 0 Å². The van der Waals surface area contributed by atoms with E-state index in [9.17, 15) is 0 Å². The average Bonchev–Trinajstić information content (AvgIpc) is 2.80. The molecule has 0 aromatic heterocycles. The van der Waals surface area contributed by atoms with Crippen LogP contribution in [0.5, 0.6) is 0 Å². The second-order valence-corrected chi connectivity index (χ2v) is 6.50. The van der Waals surface area contributed by atoms with Gasteiger partial charge in [0.25, 0.3) is 0 Å². The second kappa shape index (κ2) is 5.58. The van der Waals surface area contributed by atoms with Gasteiger partial charge in [0.2, 0.25) is 0 Å². The summed E-state index contributed by atoms with van der Waals surface area (Å²) in [5, 5.41) is 0. The van der Waals surface area contributed by atoms with Crippen molar-refractivity contribution in [3.63, 3.8) is 0 Å². The molecule has 0 heterocycles. The van der Waals surface area contributed by atoms with E-state index in [1.807, 2.05) is 19.1 Å². The Morgan fingerprint density at radius 3 is 2.43 bits per heavy atom. The van der Waals surface area contributed by atoms with Gasteiger partial charge >= 0.3 is 0 Å². The zero-order valence-electron chi connectivity index (χ0n) is 14.1. The Bertz CT molecular complexity index is 835. The van der Waals surface area contributed by atoms with Gasteiger partial charge in [-0.2, -0.15) is 0 Å². The van der Waals surface area contributed by atoms with Gasteiger partial charge in [0.1, 0.15) is 0 Å². The number of hydrogen-bond acceptors (Lipinski definition) is 1. The van der Waals surface area contributed by atoms with Crippen LogP contribution >= 0.6 is 0 Å². The van der Waals surface area contributed by atoms with Crippen molar-refractivity contribution in [2.24, 2.45) is 5.73 Å². The van der Waals surface area contributed by atoms with E-state index in [-0.39, 0.29) is 5.41 Å². The van der Waals surface area contributed by atoms with Crippen LogP contribution in [-0.2, 0) is 5.41 Å². The van der Waals surface area contributed by atoms with Crippen LogP contribution < -0.4 is 5.73 Å². The maximum Gasteiger partial charge on any atom is 0.0387 e. The number of hydrogen-bond donors (Lipinski definition) is 1. The molecular formula is C22H23N. The first-order valence-electron chi connectivity index (χ1n) is 8.00. The third-order valence-electron chi connectivity index (χ3n) is 4.76. The molecule has 0 amide bonds. The Balaban J connectivity index is 2.23. The topological polar surface area (TPSA) is 26.0 Å². The molecule has 0 saturated carbocycles. The summed E-state index contributed by atoms with van der Waals surface area (Å²) in [6, 6.07) is 15.3. The first-order chi connectivity index (χ1) is 11.0. The van der Waals surface area contributed by atoms with Crippen LogP contribution in [0.3, 0.4) is 0 Å². The molecule has 0 atom stereocenters. The lowest BCUT2D eigenvalue weighted by atomic mass is 9.81. The quantitative estimate of drug-likeness (QED) is 0.752. The smallest absolute Gasteiger partial charge is 0.0387 e. The molecule has 2 aromatic rings. The average molecular weight is 301 g/mol. The molecule has 1 heteroatoms. The lowest BCUT2D eigenvalue weighted by Gasteiger charge is -2.22. The highest BCUT2D eigenvalue weighted by Crippen LogP contribution is 2.49. The molecule has 0 spiro atoms. The van der Waals surface area contributed by atoms with E-state index in [0.29, 0.717) is 5.70 Å². The maximum absolute atomic E-state index is 6.14. The molecule has 23 heavy (non-hydrogen) atoms. The molecule has 0 unspecified atom stereocenters. The zero-order chi connectivity index (χ0) is 16.6. The van der Waals surface area contributed by atoms with Crippen LogP contribution in [0.4, 0.5) is 0 Å². The van der Waals surface area contributed by atoms with E-state index in [2.05, 4.69) is 62.9 Å². The van der Waals surface area contributed by atoms with Gasteiger partial charge in [-0.25, -0.2) is 0 Å². The predicted molar refractivity (Wildman–Crippen MR) is 100 cm³/mol. The van der Waals surface area contributed by atoms with E-state index in [1.54, 1.807) is 6.08 Å². The lowest BCUT2D eigenvalue weighted by molar-refractivity contribution is 0.660. The van der Waals surface area contributed by atoms with Crippen LogP contribution in [0.2, 0.25) is 0 Å². The molecule has 1 aliphatic rings. The molecule has 2 N–H and O–H groups in total. The van der Waals surface area contributed by atoms with Crippen LogP contribution in [0.25, 0.3) is 16.7 Å². The minimum atomic E-state index is 0.00587. The molecular weight excluding hydrogens is 278 g/mol. The van der Waals surface area contributed by atoms with Crippen molar-refractivity contribution in [2.75, 3.05) is 0 Å². The minimum absolute atomic E-state index is 0.00587. The minimum Gasteiger partial charge on any atom is -0.398 e. The van der Waals surface area contributed by atoms with Gasteiger partial charge in [-0.15, -0.1) is 0 Å². The van der Waals surface area contributed by atoms with Crippen molar-refractivity contribution in [1.29, 1.82) is 0 Å². The van der Waals surface area contributed by atoms with E-state index in [0.717, 1.165) is 11.1 Å². The first kappa shape index (κ1) is 15.4. The van der Waals surface area contributed by atoms with Crippen LogP contribution in [-0.4, -0.2) is 0 Å². The third-order valence-corrected chi connectivity index (χ3v) is 4.76. The van der Waals surface area contributed by atoms with Gasteiger partial charge in [-0.3, -0.25) is 0 Å². The number of fused-ring (bicyclic) bond motifs is 3. The van der Waals surface area contributed by atoms with Crippen LogP contribution in [0.15, 0.2) is 73.0 Å². The summed E-state index contributed by atoms with van der Waals surface area (Å²) in [5.41, 5.74) is 14.4. The summed E-state index contributed by atoms with van der Waals surface area (Å²) in [6.45, 7) is 10.4. The Labute approximate surface area is 138 Å². The van der Waals surface area contributed by atoms with Crippen molar-refractivity contribution in [3.05, 3.63) is 89.7 Å².